The van der Waals surface area contributed by atoms with Crippen LogP contribution in [-0.4, -0.2) is 15.0 Å². The van der Waals surface area contributed by atoms with E-state index in [4.69, 9.17) is 0 Å². The second kappa shape index (κ2) is 4.90. The van der Waals surface area contributed by atoms with E-state index in [2.05, 4.69) is 33.4 Å². The highest BCUT2D eigenvalue weighted by atomic mass is 127. The average molecular weight is 324 g/mol. The van der Waals surface area contributed by atoms with Crippen molar-refractivity contribution in [2.75, 3.05) is 6.61 Å². The molecule has 5 heteroatoms. The van der Waals surface area contributed by atoms with Gasteiger partial charge in [0.2, 0.25) is 0 Å². The molecule has 0 aliphatic carbocycles. The maximum atomic E-state index is 11.4. The van der Waals surface area contributed by atoms with E-state index in [1.807, 2.05) is 0 Å². The first-order valence-electron chi connectivity index (χ1n) is 3.82. The smallest absolute Gasteiger partial charge is 0.262 e. The van der Waals surface area contributed by atoms with E-state index in [1.165, 1.54) is 18.2 Å². The molecule has 0 aliphatic rings. The molecular formula is C9H9IO3S. The lowest BCUT2D eigenvalue weighted by Crippen LogP contribution is -2.06. The number of halogens is 1. The van der Waals surface area contributed by atoms with Gasteiger partial charge in [-0.05, 0) is 46.9 Å². The summed E-state index contributed by atoms with van der Waals surface area (Å²) in [6.45, 7) is 3.38. The molecule has 0 heterocycles. The lowest BCUT2D eigenvalue weighted by Gasteiger charge is -2.02. The summed E-state index contributed by atoms with van der Waals surface area (Å²) < 4.78 is 28.5. The maximum Gasteiger partial charge on any atom is 0.297 e. The summed E-state index contributed by atoms with van der Waals surface area (Å²) in [6.07, 6.45) is 1.39. The van der Waals surface area contributed by atoms with Gasteiger partial charge in [0, 0.05) is 3.57 Å². The van der Waals surface area contributed by atoms with Crippen molar-refractivity contribution in [1.82, 2.24) is 0 Å². The van der Waals surface area contributed by atoms with Gasteiger partial charge in [-0.1, -0.05) is 6.08 Å². The molecule has 0 atom stereocenters. The highest BCUT2D eigenvalue weighted by molar-refractivity contribution is 14.1. The first-order chi connectivity index (χ1) is 6.56. The second-order valence-electron chi connectivity index (χ2n) is 2.48. The third-order valence-corrected chi connectivity index (χ3v) is 3.46. The Hall–Kier alpha value is -0.400. The maximum absolute atomic E-state index is 11.4. The molecule has 0 saturated carbocycles. The third kappa shape index (κ3) is 3.07. The van der Waals surface area contributed by atoms with Gasteiger partial charge in [0.1, 0.15) is 0 Å². The first-order valence-corrected chi connectivity index (χ1v) is 6.31. The minimum absolute atomic E-state index is 0.00564. The standard InChI is InChI=1S/C9H9IO3S/c1-2-7-13-14(11,12)9-5-3-8(10)4-6-9/h2-6H,1,7H2. The fraction of sp³-hybridized carbons (Fsp3) is 0.111. The highest BCUT2D eigenvalue weighted by Crippen LogP contribution is 2.14. The first kappa shape index (κ1) is 11.7. The van der Waals surface area contributed by atoms with Crippen molar-refractivity contribution < 1.29 is 12.6 Å². The van der Waals surface area contributed by atoms with Gasteiger partial charge in [-0.15, -0.1) is 6.58 Å². The van der Waals surface area contributed by atoms with Gasteiger partial charge in [-0.2, -0.15) is 8.42 Å². The predicted molar refractivity (Wildman–Crippen MR) is 62.5 cm³/mol. The molecule has 0 aliphatic heterocycles. The lowest BCUT2D eigenvalue weighted by atomic mass is 10.4. The quantitative estimate of drug-likeness (QED) is 0.484. The molecule has 0 fully saturated rings. The van der Waals surface area contributed by atoms with Gasteiger partial charge < -0.3 is 0 Å². The van der Waals surface area contributed by atoms with E-state index in [0.717, 1.165) is 3.57 Å². The molecule has 1 rings (SSSR count). The Labute approximate surface area is 97.0 Å². The SMILES string of the molecule is C=CCOS(=O)(=O)c1ccc(I)cc1. The Bertz CT molecular complexity index is 408. The fourth-order valence-corrected chi connectivity index (χ4v) is 2.05. The van der Waals surface area contributed by atoms with E-state index in [1.54, 1.807) is 12.1 Å². The molecule has 0 saturated heterocycles. The van der Waals surface area contributed by atoms with Gasteiger partial charge in [-0.3, -0.25) is 4.18 Å². The van der Waals surface area contributed by atoms with Crippen LogP contribution in [0.2, 0.25) is 0 Å². The van der Waals surface area contributed by atoms with Crippen molar-refractivity contribution >= 4 is 32.7 Å². The zero-order valence-electron chi connectivity index (χ0n) is 7.31. The van der Waals surface area contributed by atoms with Crippen molar-refractivity contribution in [3.05, 3.63) is 40.5 Å². The van der Waals surface area contributed by atoms with Crippen molar-refractivity contribution in [2.24, 2.45) is 0 Å². The van der Waals surface area contributed by atoms with Crippen molar-refractivity contribution in [3.8, 4) is 0 Å². The van der Waals surface area contributed by atoms with E-state index < -0.39 is 10.1 Å². The van der Waals surface area contributed by atoms with E-state index in [-0.39, 0.29) is 11.5 Å². The highest BCUT2D eigenvalue weighted by Gasteiger charge is 2.13. The third-order valence-electron chi connectivity index (χ3n) is 1.44. The molecule has 0 unspecified atom stereocenters. The van der Waals surface area contributed by atoms with Crippen molar-refractivity contribution in [2.45, 2.75) is 4.90 Å². The van der Waals surface area contributed by atoms with Gasteiger partial charge in [0.25, 0.3) is 10.1 Å². The molecule has 0 amide bonds. The summed E-state index contributed by atoms with van der Waals surface area (Å²) in [5.41, 5.74) is 0. The Kier molecular flexibility index (Phi) is 4.09. The zero-order chi connectivity index (χ0) is 10.6. The number of hydrogen-bond acceptors (Lipinski definition) is 3. The normalized spacial score (nSPS) is 11.2. The van der Waals surface area contributed by atoms with Crippen LogP contribution < -0.4 is 0 Å². The lowest BCUT2D eigenvalue weighted by molar-refractivity contribution is 0.357. The number of rotatable bonds is 4. The largest absolute Gasteiger partial charge is 0.297 e. The molecule has 0 N–H and O–H groups in total. The van der Waals surface area contributed by atoms with Gasteiger partial charge >= 0.3 is 0 Å². The van der Waals surface area contributed by atoms with E-state index in [0.29, 0.717) is 0 Å². The minimum Gasteiger partial charge on any atom is -0.262 e. The molecule has 0 radical (unpaired) electrons. The summed E-state index contributed by atoms with van der Waals surface area (Å²) in [6, 6.07) is 6.45. The topological polar surface area (TPSA) is 43.4 Å². The van der Waals surface area contributed by atoms with Crippen LogP contribution in [0, 0.1) is 3.57 Å². The van der Waals surface area contributed by atoms with Crippen LogP contribution in [0.15, 0.2) is 41.8 Å². The summed E-state index contributed by atoms with van der Waals surface area (Å²) in [5, 5.41) is 0. The van der Waals surface area contributed by atoms with Crippen LogP contribution in [-0.2, 0) is 14.3 Å². The number of benzene rings is 1. The Morgan fingerprint density at radius 1 is 1.36 bits per heavy atom. The fourth-order valence-electron chi connectivity index (χ4n) is 0.807. The zero-order valence-corrected chi connectivity index (χ0v) is 10.3. The molecule has 0 aromatic heterocycles. The van der Waals surface area contributed by atoms with Crippen LogP contribution in [0.4, 0.5) is 0 Å². The summed E-state index contributed by atoms with van der Waals surface area (Å²) >= 11 is 2.10. The monoisotopic (exact) mass is 324 g/mol. The van der Waals surface area contributed by atoms with Gasteiger partial charge in [-0.25, -0.2) is 0 Å². The molecular weight excluding hydrogens is 315 g/mol. The van der Waals surface area contributed by atoms with Crippen LogP contribution >= 0.6 is 22.6 Å². The predicted octanol–water partition coefficient (Wildman–Crippen LogP) is 2.18. The molecule has 0 spiro atoms. The number of hydrogen-bond donors (Lipinski definition) is 0. The van der Waals surface area contributed by atoms with Crippen LogP contribution in [0.5, 0.6) is 0 Å². The summed E-state index contributed by atoms with van der Waals surface area (Å²) in [4.78, 5) is 0.166. The van der Waals surface area contributed by atoms with Crippen LogP contribution in [0.1, 0.15) is 0 Å². The molecule has 3 nitrogen and oxygen atoms in total. The van der Waals surface area contributed by atoms with Crippen LogP contribution in [0.3, 0.4) is 0 Å². The molecule has 14 heavy (non-hydrogen) atoms. The summed E-state index contributed by atoms with van der Waals surface area (Å²) in [5.74, 6) is 0. The average Bonchev–Trinajstić information content (AvgIpc) is 2.16. The molecule has 1 aromatic rings. The Morgan fingerprint density at radius 2 is 1.93 bits per heavy atom. The molecule has 76 valence electrons. The summed E-state index contributed by atoms with van der Waals surface area (Å²) in [7, 11) is -3.61. The molecule has 1 aromatic carbocycles. The Morgan fingerprint density at radius 3 is 2.43 bits per heavy atom. The van der Waals surface area contributed by atoms with E-state index >= 15 is 0 Å². The minimum atomic E-state index is -3.61. The Balaban J connectivity index is 2.93. The van der Waals surface area contributed by atoms with Gasteiger partial charge in [0.05, 0.1) is 11.5 Å². The second-order valence-corrected chi connectivity index (χ2v) is 5.34. The van der Waals surface area contributed by atoms with E-state index in [9.17, 15) is 8.42 Å². The van der Waals surface area contributed by atoms with Gasteiger partial charge in [0.15, 0.2) is 0 Å². The van der Waals surface area contributed by atoms with Crippen LogP contribution in [0.25, 0.3) is 0 Å². The van der Waals surface area contributed by atoms with Crippen molar-refractivity contribution in [1.29, 1.82) is 0 Å². The molecule has 0 bridgehead atoms. The van der Waals surface area contributed by atoms with Crippen molar-refractivity contribution in [3.63, 3.8) is 0 Å².